The van der Waals surface area contributed by atoms with E-state index >= 15 is 4.39 Å². The van der Waals surface area contributed by atoms with Crippen LogP contribution < -0.4 is 14.8 Å². The molecule has 2 aromatic carbocycles. The quantitative estimate of drug-likeness (QED) is 0.365. The second kappa shape index (κ2) is 11.3. The molecule has 0 saturated carbocycles. The highest BCUT2D eigenvalue weighted by molar-refractivity contribution is 5.91. The largest absolute Gasteiger partial charge is 0.493 e. The van der Waals surface area contributed by atoms with Gasteiger partial charge in [0.05, 0.1) is 38.0 Å². The van der Waals surface area contributed by atoms with E-state index in [-0.39, 0.29) is 31.4 Å². The molecule has 1 aromatic heterocycles. The lowest BCUT2D eigenvalue weighted by Crippen LogP contribution is -2.39. The van der Waals surface area contributed by atoms with Crippen molar-refractivity contribution in [2.45, 2.75) is 25.5 Å². The van der Waals surface area contributed by atoms with Gasteiger partial charge >= 0.3 is 0 Å². The van der Waals surface area contributed by atoms with Gasteiger partial charge in [0.25, 0.3) is 5.92 Å². The highest BCUT2D eigenvalue weighted by atomic mass is 19.3. The van der Waals surface area contributed by atoms with Crippen molar-refractivity contribution in [3.05, 3.63) is 53.1 Å². The van der Waals surface area contributed by atoms with E-state index in [0.29, 0.717) is 47.3 Å². The summed E-state index contributed by atoms with van der Waals surface area (Å²) in [6, 6.07) is 7.34. The maximum Gasteiger partial charge on any atom is 0.298 e. The molecule has 1 aliphatic rings. The monoisotopic (exact) mass is 507 g/mol. The normalized spacial score (nSPS) is 14.1. The number of hydrogen-bond donors (Lipinski definition) is 1. The molecule has 0 radical (unpaired) electrons. The topological polar surface area (TPSA) is 84.0 Å². The number of anilines is 1. The number of fused-ring (bicyclic) bond motifs is 1. The lowest BCUT2D eigenvalue weighted by atomic mass is 10.0. The molecule has 1 aliphatic heterocycles. The smallest absolute Gasteiger partial charge is 0.298 e. The summed E-state index contributed by atoms with van der Waals surface area (Å²) in [7, 11) is 3.09. The van der Waals surface area contributed by atoms with Crippen LogP contribution in [0.2, 0.25) is 0 Å². The molecule has 0 bridgehead atoms. The third kappa shape index (κ3) is 5.80. The summed E-state index contributed by atoms with van der Waals surface area (Å²) in [5, 5.41) is 3.66. The Labute approximate surface area is 206 Å². The number of benzene rings is 2. The van der Waals surface area contributed by atoms with Gasteiger partial charge in [0.15, 0.2) is 11.5 Å². The van der Waals surface area contributed by atoms with Gasteiger partial charge in [-0.05, 0) is 19.1 Å². The zero-order valence-electron chi connectivity index (χ0n) is 20.3. The first-order chi connectivity index (χ1) is 17.3. The van der Waals surface area contributed by atoms with Crippen molar-refractivity contribution in [1.82, 2.24) is 9.97 Å². The van der Waals surface area contributed by atoms with Gasteiger partial charge in [0, 0.05) is 30.7 Å². The molecular formula is C25H28F3N3O5. The molecule has 2 heterocycles. The summed E-state index contributed by atoms with van der Waals surface area (Å²) in [5.74, 6) is -2.66. The van der Waals surface area contributed by atoms with E-state index in [1.807, 2.05) is 0 Å². The van der Waals surface area contributed by atoms with Crippen molar-refractivity contribution in [2.24, 2.45) is 0 Å². The Balaban J connectivity index is 1.57. The first kappa shape index (κ1) is 25.9. The number of aryl methyl sites for hydroxylation is 1. The molecule has 4 rings (SSSR count). The van der Waals surface area contributed by atoms with Gasteiger partial charge in [-0.3, -0.25) is 0 Å². The number of rotatable bonds is 12. The molecule has 1 fully saturated rings. The fourth-order valence-corrected chi connectivity index (χ4v) is 3.68. The Kier molecular flexibility index (Phi) is 8.12. The summed E-state index contributed by atoms with van der Waals surface area (Å²) in [6.45, 7) is 1.94. The van der Waals surface area contributed by atoms with E-state index in [4.69, 9.17) is 23.7 Å². The minimum absolute atomic E-state index is 0.0636. The average molecular weight is 508 g/mol. The molecule has 0 atom stereocenters. The van der Waals surface area contributed by atoms with Gasteiger partial charge < -0.3 is 29.0 Å². The minimum atomic E-state index is -3.49. The molecule has 0 spiro atoms. The van der Waals surface area contributed by atoms with Crippen LogP contribution in [0.5, 0.6) is 11.5 Å². The highest BCUT2D eigenvalue weighted by Gasteiger charge is 2.37. The van der Waals surface area contributed by atoms with Gasteiger partial charge in [-0.25, -0.2) is 14.4 Å². The highest BCUT2D eigenvalue weighted by Crippen LogP contribution is 2.35. The molecule has 8 nitrogen and oxygen atoms in total. The van der Waals surface area contributed by atoms with Crippen LogP contribution in [-0.4, -0.2) is 63.3 Å². The van der Waals surface area contributed by atoms with Crippen LogP contribution in [0.4, 0.5) is 19.0 Å². The zero-order chi connectivity index (χ0) is 25.7. The van der Waals surface area contributed by atoms with Crippen LogP contribution in [0.3, 0.4) is 0 Å². The fourth-order valence-electron chi connectivity index (χ4n) is 3.68. The second-order valence-corrected chi connectivity index (χ2v) is 8.29. The molecule has 11 heteroatoms. The van der Waals surface area contributed by atoms with Gasteiger partial charge in [-0.2, -0.15) is 8.78 Å². The van der Waals surface area contributed by atoms with E-state index in [9.17, 15) is 8.78 Å². The van der Waals surface area contributed by atoms with Crippen LogP contribution >= 0.6 is 0 Å². The fraction of sp³-hybridized carbons (Fsp3) is 0.440. The number of alkyl halides is 2. The number of methoxy groups -OCH3 is 2. The lowest BCUT2D eigenvalue weighted by molar-refractivity contribution is -0.175. The molecule has 0 amide bonds. The predicted molar refractivity (Wildman–Crippen MR) is 126 cm³/mol. The summed E-state index contributed by atoms with van der Waals surface area (Å²) in [6.07, 6.45) is -0.389. The maximum absolute atomic E-state index is 15.1. The standard InChI is InChI=1S/C25H28F3N3O5/c1-15-30-20-10-21(33-3)22(35-8-7-32-2)9-18(20)24(31-15)29-11-16-5-4-6-19(23(16)26)25(27,28)14-36-17-12-34-13-17/h4-6,9-10,17H,7-8,11-14H2,1-3H3,(H,29,30,31). The molecule has 0 aliphatic carbocycles. The second-order valence-electron chi connectivity index (χ2n) is 8.29. The number of nitrogens with zero attached hydrogens (tertiary/aromatic N) is 2. The summed E-state index contributed by atoms with van der Waals surface area (Å²) < 4.78 is 70.8. The molecule has 1 N–H and O–H groups in total. The van der Waals surface area contributed by atoms with Crippen LogP contribution in [0.25, 0.3) is 10.9 Å². The van der Waals surface area contributed by atoms with Crippen LogP contribution in [0, 0.1) is 12.7 Å². The third-order valence-electron chi connectivity index (χ3n) is 5.66. The molecule has 3 aromatic rings. The zero-order valence-corrected chi connectivity index (χ0v) is 20.3. The Morgan fingerprint density at radius 2 is 1.92 bits per heavy atom. The van der Waals surface area contributed by atoms with E-state index in [1.165, 1.54) is 19.2 Å². The average Bonchev–Trinajstić information content (AvgIpc) is 2.82. The van der Waals surface area contributed by atoms with Gasteiger partial charge in [-0.15, -0.1) is 0 Å². The van der Waals surface area contributed by atoms with E-state index in [0.717, 1.165) is 6.07 Å². The van der Waals surface area contributed by atoms with Gasteiger partial charge in [0.2, 0.25) is 0 Å². The minimum Gasteiger partial charge on any atom is -0.493 e. The number of ether oxygens (including phenoxy) is 5. The first-order valence-corrected chi connectivity index (χ1v) is 11.4. The molecular weight excluding hydrogens is 479 g/mol. The van der Waals surface area contributed by atoms with Gasteiger partial charge in [-0.1, -0.05) is 12.1 Å². The number of hydrogen-bond acceptors (Lipinski definition) is 8. The summed E-state index contributed by atoms with van der Waals surface area (Å²) in [4.78, 5) is 8.87. The Morgan fingerprint density at radius 1 is 1.11 bits per heavy atom. The predicted octanol–water partition coefficient (Wildman–Crippen LogP) is 4.23. The Bertz CT molecular complexity index is 1210. The van der Waals surface area contributed by atoms with Crippen molar-refractivity contribution in [3.63, 3.8) is 0 Å². The van der Waals surface area contributed by atoms with Crippen molar-refractivity contribution < 1.29 is 36.9 Å². The van der Waals surface area contributed by atoms with Crippen molar-refractivity contribution in [3.8, 4) is 11.5 Å². The van der Waals surface area contributed by atoms with E-state index < -0.39 is 23.9 Å². The van der Waals surface area contributed by atoms with Crippen LogP contribution in [0.15, 0.2) is 30.3 Å². The number of halogens is 3. The lowest BCUT2D eigenvalue weighted by Gasteiger charge is -2.28. The van der Waals surface area contributed by atoms with Crippen LogP contribution in [0.1, 0.15) is 17.0 Å². The number of nitrogens with one attached hydrogen (secondary N) is 1. The first-order valence-electron chi connectivity index (χ1n) is 11.4. The Hall–Kier alpha value is -3.15. The third-order valence-corrected chi connectivity index (χ3v) is 5.66. The van der Waals surface area contributed by atoms with Crippen LogP contribution in [-0.2, 0) is 26.7 Å². The molecule has 0 unspecified atom stereocenters. The summed E-state index contributed by atoms with van der Waals surface area (Å²) in [5.41, 5.74) is -0.0724. The van der Waals surface area contributed by atoms with Crippen molar-refractivity contribution >= 4 is 16.7 Å². The van der Waals surface area contributed by atoms with Crippen molar-refractivity contribution in [1.29, 1.82) is 0 Å². The van der Waals surface area contributed by atoms with Crippen molar-refractivity contribution in [2.75, 3.05) is 52.6 Å². The van der Waals surface area contributed by atoms with E-state index in [2.05, 4.69) is 15.3 Å². The van der Waals surface area contributed by atoms with E-state index in [1.54, 1.807) is 26.2 Å². The SMILES string of the molecule is COCCOc1cc2c(NCc3cccc(C(F)(F)COC4COC4)c3F)nc(C)nc2cc1OC. The summed E-state index contributed by atoms with van der Waals surface area (Å²) >= 11 is 0. The molecule has 36 heavy (non-hydrogen) atoms. The van der Waals surface area contributed by atoms with Gasteiger partial charge in [0.1, 0.15) is 36.8 Å². The Morgan fingerprint density at radius 3 is 2.61 bits per heavy atom. The molecule has 1 saturated heterocycles. The number of aromatic nitrogens is 2. The maximum atomic E-state index is 15.1. The molecule has 194 valence electrons.